The highest BCUT2D eigenvalue weighted by atomic mass is 35.5. The summed E-state index contributed by atoms with van der Waals surface area (Å²) >= 11 is 5.81. The maximum absolute atomic E-state index is 11.7. The van der Waals surface area contributed by atoms with Gasteiger partial charge in [-0.1, -0.05) is 24.6 Å². The van der Waals surface area contributed by atoms with Gasteiger partial charge in [0.1, 0.15) is 4.90 Å². The summed E-state index contributed by atoms with van der Waals surface area (Å²) in [5.74, 6) is 0. The van der Waals surface area contributed by atoms with Crippen LogP contribution in [0.2, 0.25) is 5.02 Å². The molecule has 0 saturated carbocycles. The topological polar surface area (TPSA) is 72.2 Å². The van der Waals surface area contributed by atoms with E-state index in [1.54, 1.807) is 13.0 Å². The summed E-state index contributed by atoms with van der Waals surface area (Å²) in [5.41, 5.74) is 6.16. The van der Waals surface area contributed by atoms with Crippen molar-refractivity contribution in [1.29, 1.82) is 0 Å². The smallest absolute Gasteiger partial charge is 0.242 e. The van der Waals surface area contributed by atoms with Crippen LogP contribution >= 0.6 is 11.6 Å². The van der Waals surface area contributed by atoms with Gasteiger partial charge < -0.3 is 5.73 Å². The maximum Gasteiger partial charge on any atom is 0.242 e. The van der Waals surface area contributed by atoms with Gasteiger partial charge in [0.05, 0.1) is 5.02 Å². The van der Waals surface area contributed by atoms with E-state index in [0.29, 0.717) is 6.54 Å². The minimum absolute atomic E-state index is 0.0777. The Morgan fingerprint density at radius 2 is 2.13 bits per heavy atom. The third-order valence-corrected chi connectivity index (χ3v) is 3.88. The molecular formula is C9H13ClN2O2S. The Labute approximate surface area is 94.5 Å². The molecule has 0 unspecified atom stereocenters. The summed E-state index contributed by atoms with van der Waals surface area (Å²) in [6.45, 7) is 2.32. The van der Waals surface area contributed by atoms with E-state index in [1.807, 2.05) is 0 Å². The molecule has 0 fully saturated rings. The quantitative estimate of drug-likeness (QED) is 0.838. The van der Waals surface area contributed by atoms with Crippen LogP contribution in [0.3, 0.4) is 0 Å². The zero-order valence-electron chi connectivity index (χ0n) is 8.33. The summed E-state index contributed by atoms with van der Waals surface area (Å²) in [6.07, 6.45) is 0. The van der Waals surface area contributed by atoms with E-state index in [-0.39, 0.29) is 16.5 Å². The van der Waals surface area contributed by atoms with Crippen molar-refractivity contribution in [2.24, 2.45) is 5.73 Å². The Kier molecular flexibility index (Phi) is 4.10. The molecule has 1 aromatic rings. The number of halogens is 1. The Balaban J connectivity index is 3.24. The molecule has 0 aromatic heterocycles. The number of nitrogens with one attached hydrogen (secondary N) is 1. The standard InChI is InChI=1S/C9H13ClN2O2S/c1-2-12-15(13,14)9-5-7(6-11)3-4-8(9)10/h3-5,12H,2,6,11H2,1H3. The molecule has 0 radical (unpaired) electrons. The fraction of sp³-hybridized carbons (Fsp3) is 0.333. The van der Waals surface area contributed by atoms with Gasteiger partial charge in [0.15, 0.2) is 0 Å². The second kappa shape index (κ2) is 4.94. The molecule has 1 aromatic carbocycles. The van der Waals surface area contributed by atoms with Crippen LogP contribution in [0.25, 0.3) is 0 Å². The maximum atomic E-state index is 11.7. The normalized spacial score (nSPS) is 11.7. The number of nitrogens with two attached hydrogens (primary N) is 1. The van der Waals surface area contributed by atoms with E-state index >= 15 is 0 Å². The van der Waals surface area contributed by atoms with Crippen molar-refractivity contribution in [3.05, 3.63) is 28.8 Å². The van der Waals surface area contributed by atoms with Crippen molar-refractivity contribution in [2.75, 3.05) is 6.54 Å². The van der Waals surface area contributed by atoms with Gasteiger partial charge in [-0.05, 0) is 17.7 Å². The van der Waals surface area contributed by atoms with Gasteiger partial charge in [0.2, 0.25) is 10.0 Å². The summed E-state index contributed by atoms with van der Waals surface area (Å²) in [4.78, 5) is 0.0777. The van der Waals surface area contributed by atoms with Crippen LogP contribution in [0, 0.1) is 0 Å². The molecule has 0 aliphatic carbocycles. The van der Waals surface area contributed by atoms with Gasteiger partial charge in [0, 0.05) is 13.1 Å². The first-order chi connectivity index (χ1) is 7.01. The predicted octanol–water partition coefficient (Wildman–Crippen LogP) is 1.10. The molecule has 0 aliphatic heterocycles. The van der Waals surface area contributed by atoms with Crippen LogP contribution in [-0.2, 0) is 16.6 Å². The monoisotopic (exact) mass is 248 g/mol. The first-order valence-electron chi connectivity index (χ1n) is 4.49. The Morgan fingerprint density at radius 3 is 2.67 bits per heavy atom. The molecule has 3 N–H and O–H groups in total. The highest BCUT2D eigenvalue weighted by Crippen LogP contribution is 2.22. The summed E-state index contributed by atoms with van der Waals surface area (Å²) in [6, 6.07) is 4.72. The zero-order chi connectivity index (χ0) is 11.5. The number of benzene rings is 1. The summed E-state index contributed by atoms with van der Waals surface area (Å²) in [5, 5.41) is 0.202. The van der Waals surface area contributed by atoms with Crippen molar-refractivity contribution >= 4 is 21.6 Å². The SMILES string of the molecule is CCNS(=O)(=O)c1cc(CN)ccc1Cl. The number of hydrogen-bond acceptors (Lipinski definition) is 3. The van der Waals surface area contributed by atoms with Crippen LogP contribution in [0.4, 0.5) is 0 Å². The molecule has 0 heterocycles. The number of hydrogen-bond donors (Lipinski definition) is 2. The second-order valence-corrected chi connectivity index (χ2v) is 5.11. The highest BCUT2D eigenvalue weighted by molar-refractivity contribution is 7.89. The fourth-order valence-electron chi connectivity index (χ4n) is 1.15. The van der Waals surface area contributed by atoms with Crippen molar-refractivity contribution in [3.63, 3.8) is 0 Å². The van der Waals surface area contributed by atoms with Gasteiger partial charge in [0.25, 0.3) is 0 Å². The van der Waals surface area contributed by atoms with Gasteiger partial charge in [-0.3, -0.25) is 0 Å². The molecule has 0 bridgehead atoms. The minimum atomic E-state index is -3.51. The first-order valence-corrected chi connectivity index (χ1v) is 6.35. The summed E-state index contributed by atoms with van der Waals surface area (Å²) in [7, 11) is -3.51. The molecule has 0 saturated heterocycles. The lowest BCUT2D eigenvalue weighted by Gasteiger charge is -2.07. The van der Waals surface area contributed by atoms with Crippen molar-refractivity contribution in [3.8, 4) is 0 Å². The third-order valence-electron chi connectivity index (χ3n) is 1.86. The van der Waals surface area contributed by atoms with Crippen LogP contribution < -0.4 is 10.5 Å². The van der Waals surface area contributed by atoms with Gasteiger partial charge in [-0.2, -0.15) is 0 Å². The van der Waals surface area contributed by atoms with Gasteiger partial charge in [-0.25, -0.2) is 13.1 Å². The summed E-state index contributed by atoms with van der Waals surface area (Å²) < 4.78 is 25.7. The number of rotatable bonds is 4. The van der Waals surface area contributed by atoms with E-state index in [1.165, 1.54) is 12.1 Å². The Morgan fingerprint density at radius 1 is 1.47 bits per heavy atom. The molecule has 6 heteroatoms. The predicted molar refractivity (Wildman–Crippen MR) is 60.2 cm³/mol. The largest absolute Gasteiger partial charge is 0.326 e. The van der Waals surface area contributed by atoms with Crippen molar-refractivity contribution in [1.82, 2.24) is 4.72 Å². The third kappa shape index (κ3) is 2.92. The van der Waals surface area contributed by atoms with E-state index in [0.717, 1.165) is 5.56 Å². The van der Waals surface area contributed by atoms with E-state index in [4.69, 9.17) is 17.3 Å². The average molecular weight is 249 g/mol. The molecule has 0 atom stereocenters. The second-order valence-electron chi connectivity index (χ2n) is 2.97. The molecule has 0 spiro atoms. The van der Waals surface area contributed by atoms with Gasteiger partial charge in [-0.15, -0.1) is 0 Å². The lowest BCUT2D eigenvalue weighted by Crippen LogP contribution is -2.23. The first kappa shape index (κ1) is 12.4. The van der Waals surface area contributed by atoms with E-state index in [9.17, 15) is 8.42 Å². The molecule has 0 amide bonds. The molecule has 4 nitrogen and oxygen atoms in total. The van der Waals surface area contributed by atoms with Gasteiger partial charge >= 0.3 is 0 Å². The minimum Gasteiger partial charge on any atom is -0.326 e. The highest BCUT2D eigenvalue weighted by Gasteiger charge is 2.16. The molecule has 0 aliphatic rings. The lowest BCUT2D eigenvalue weighted by atomic mass is 10.2. The number of sulfonamides is 1. The average Bonchev–Trinajstić information content (AvgIpc) is 2.18. The molecular weight excluding hydrogens is 236 g/mol. The van der Waals surface area contributed by atoms with Crippen LogP contribution in [0.1, 0.15) is 12.5 Å². The van der Waals surface area contributed by atoms with Crippen LogP contribution in [0.15, 0.2) is 23.1 Å². The molecule has 84 valence electrons. The zero-order valence-corrected chi connectivity index (χ0v) is 9.90. The van der Waals surface area contributed by atoms with Crippen LogP contribution in [0.5, 0.6) is 0 Å². The lowest BCUT2D eigenvalue weighted by molar-refractivity contribution is 0.584. The van der Waals surface area contributed by atoms with Crippen molar-refractivity contribution in [2.45, 2.75) is 18.4 Å². The van der Waals surface area contributed by atoms with Crippen LogP contribution in [-0.4, -0.2) is 15.0 Å². The molecule has 1 rings (SSSR count). The molecule has 15 heavy (non-hydrogen) atoms. The Bertz CT molecular complexity index is 445. The van der Waals surface area contributed by atoms with E-state index < -0.39 is 10.0 Å². The Hall–Kier alpha value is -0.620. The van der Waals surface area contributed by atoms with E-state index in [2.05, 4.69) is 4.72 Å². The fourth-order valence-corrected chi connectivity index (χ4v) is 2.74. The van der Waals surface area contributed by atoms with Crippen molar-refractivity contribution < 1.29 is 8.42 Å².